The highest BCUT2D eigenvalue weighted by Crippen LogP contribution is 2.21. The Morgan fingerprint density at radius 2 is 1.74 bits per heavy atom. The normalized spacial score (nSPS) is 19.0. The molecule has 0 spiro atoms. The molecule has 47 heavy (non-hydrogen) atoms. The molecule has 2 atom stereocenters. The van der Waals surface area contributed by atoms with Crippen molar-refractivity contribution in [2.75, 3.05) is 19.6 Å². The first kappa shape index (κ1) is 33.6. The van der Waals surface area contributed by atoms with Crippen LogP contribution in [0, 0.1) is 12.8 Å². The lowest BCUT2D eigenvalue weighted by Gasteiger charge is -2.26. The minimum Gasteiger partial charge on any atom is -0.354 e. The predicted molar refractivity (Wildman–Crippen MR) is 176 cm³/mol. The lowest BCUT2D eigenvalue weighted by Crippen LogP contribution is -2.50. The Morgan fingerprint density at radius 3 is 2.51 bits per heavy atom. The summed E-state index contributed by atoms with van der Waals surface area (Å²) in [5.41, 5.74) is 1.71. The van der Waals surface area contributed by atoms with E-state index in [9.17, 15) is 19.2 Å². The van der Waals surface area contributed by atoms with Crippen molar-refractivity contribution in [3.8, 4) is 0 Å². The Morgan fingerprint density at radius 1 is 0.979 bits per heavy atom. The molecule has 1 aliphatic rings. The molecule has 5 rings (SSSR count). The van der Waals surface area contributed by atoms with Crippen molar-refractivity contribution in [1.82, 2.24) is 45.0 Å². The lowest BCUT2D eigenvalue weighted by atomic mass is 10.0. The summed E-state index contributed by atoms with van der Waals surface area (Å²) in [6.45, 7) is 6.47. The Balaban J connectivity index is 1.40. The topological polar surface area (TPSA) is 156 Å². The molecule has 13 nitrogen and oxygen atoms in total. The smallest absolute Gasteiger partial charge is 0.274 e. The van der Waals surface area contributed by atoms with E-state index in [4.69, 9.17) is 11.6 Å². The quantitative estimate of drug-likeness (QED) is 0.304. The highest BCUT2D eigenvalue weighted by molar-refractivity contribution is 6.30. The Bertz CT molecular complexity index is 1740. The van der Waals surface area contributed by atoms with E-state index in [0.29, 0.717) is 48.2 Å². The van der Waals surface area contributed by atoms with E-state index >= 15 is 0 Å². The third-order valence-corrected chi connectivity index (χ3v) is 8.18. The monoisotopic (exact) mass is 661 g/mol. The summed E-state index contributed by atoms with van der Waals surface area (Å²) in [5.74, 6) is -0.401. The fourth-order valence-corrected chi connectivity index (χ4v) is 5.76. The number of nitrogens with zero attached hydrogens (tertiary/aromatic N) is 6. The summed E-state index contributed by atoms with van der Waals surface area (Å²) in [6.07, 6.45) is 4.52. The molecule has 3 aromatic heterocycles. The van der Waals surface area contributed by atoms with Gasteiger partial charge in [0.25, 0.3) is 5.91 Å². The van der Waals surface area contributed by atoms with Crippen molar-refractivity contribution in [2.24, 2.45) is 5.92 Å². The summed E-state index contributed by atoms with van der Waals surface area (Å²) in [4.78, 5) is 64.4. The molecule has 248 valence electrons. The van der Waals surface area contributed by atoms with Crippen LogP contribution in [-0.4, -0.2) is 78.4 Å². The zero-order valence-corrected chi connectivity index (χ0v) is 27.5. The number of carbonyl (C=O) groups excluding carboxylic acids is 4. The molecule has 0 saturated carbocycles. The zero-order chi connectivity index (χ0) is 33.5. The largest absolute Gasteiger partial charge is 0.354 e. The van der Waals surface area contributed by atoms with Crippen molar-refractivity contribution in [3.05, 3.63) is 82.8 Å². The fraction of sp³-hybridized carbons (Fsp3) is 0.424. The molecule has 0 saturated heterocycles. The van der Waals surface area contributed by atoms with Gasteiger partial charge in [0, 0.05) is 44.9 Å². The molecule has 4 aromatic rings. The van der Waals surface area contributed by atoms with Gasteiger partial charge in [-0.1, -0.05) is 55.8 Å². The number of benzene rings is 1. The van der Waals surface area contributed by atoms with E-state index in [1.165, 1.54) is 4.68 Å². The summed E-state index contributed by atoms with van der Waals surface area (Å²) < 4.78 is 3.20. The molecule has 14 heteroatoms. The number of rotatable bonds is 4. The summed E-state index contributed by atoms with van der Waals surface area (Å²) in [5, 5.41) is 13.9. The van der Waals surface area contributed by atoms with Gasteiger partial charge in [0.05, 0.1) is 11.1 Å². The van der Waals surface area contributed by atoms with Crippen LogP contribution in [0.4, 0.5) is 0 Å². The minimum absolute atomic E-state index is 0.0866. The van der Waals surface area contributed by atoms with Crippen LogP contribution in [0.15, 0.2) is 54.9 Å². The number of amides is 4. The number of halogens is 1. The number of fused-ring (bicyclic) bond motifs is 2. The van der Waals surface area contributed by atoms with Gasteiger partial charge in [-0.3, -0.25) is 19.2 Å². The van der Waals surface area contributed by atoms with E-state index in [-0.39, 0.29) is 61.2 Å². The van der Waals surface area contributed by atoms with Crippen LogP contribution in [0.5, 0.6) is 0 Å². The predicted octanol–water partition coefficient (Wildman–Crippen LogP) is 2.87. The van der Waals surface area contributed by atoms with Gasteiger partial charge >= 0.3 is 0 Å². The number of hydrogen-bond donors (Lipinski definition) is 3. The first-order valence-corrected chi connectivity index (χ1v) is 16.2. The maximum atomic E-state index is 13.8. The molecule has 0 unspecified atom stereocenters. The van der Waals surface area contributed by atoms with Gasteiger partial charge < -0.3 is 25.3 Å². The molecule has 0 radical (unpaired) electrons. The number of carbonyl (C=O) groups is 4. The van der Waals surface area contributed by atoms with Crippen LogP contribution >= 0.6 is 11.6 Å². The van der Waals surface area contributed by atoms with E-state index < -0.39 is 12.1 Å². The number of aryl methyl sites for hydroxylation is 1. The third kappa shape index (κ3) is 8.73. The van der Waals surface area contributed by atoms with Gasteiger partial charge in [-0.2, -0.15) is 5.10 Å². The van der Waals surface area contributed by atoms with Crippen molar-refractivity contribution in [2.45, 2.75) is 65.1 Å². The summed E-state index contributed by atoms with van der Waals surface area (Å²) in [6, 6.07) is 11.5. The van der Waals surface area contributed by atoms with Crippen LogP contribution in [-0.2, 0) is 27.3 Å². The van der Waals surface area contributed by atoms with Crippen molar-refractivity contribution >= 4 is 40.9 Å². The molecule has 1 aliphatic heterocycles. The standard InChI is InChI=1S/C33H40ClN9O4/c1-21(2)30-31-36-22(3)40-43(31)20-29(45)35-14-8-16-41(33(47)26-19-42-18-24(34)12-13-27(42)37-26)15-7-11-28(44)38-25(32(46)39-30)17-23-9-5-4-6-10-23/h4-6,9-10,12-13,18-19,21,25,30H,7-8,11,14-17,20H2,1-3H3,(H,35,45)(H,38,44)(H,39,46)/t25-,30+/m1/s1. The number of pyridine rings is 1. The van der Waals surface area contributed by atoms with Gasteiger partial charge in [-0.15, -0.1) is 0 Å². The SMILES string of the molecule is Cc1nc2n(n1)CC(=O)NCCCN(C(=O)c1cn3cc(Cl)ccc3n1)CCCC(=O)N[C@H](Cc1ccccc1)C(=O)N[C@H]2C(C)C. The van der Waals surface area contributed by atoms with Gasteiger partial charge in [-0.05, 0) is 43.4 Å². The molecule has 0 fully saturated rings. The number of nitrogens with one attached hydrogen (secondary N) is 3. The second kappa shape index (κ2) is 15.2. The Labute approximate surface area is 278 Å². The molecule has 4 heterocycles. The highest BCUT2D eigenvalue weighted by Gasteiger charge is 2.30. The van der Waals surface area contributed by atoms with Crippen LogP contribution in [0.25, 0.3) is 5.65 Å². The molecular formula is C33H40ClN9O4. The summed E-state index contributed by atoms with van der Waals surface area (Å²) >= 11 is 6.11. The van der Waals surface area contributed by atoms with Gasteiger partial charge in [0.1, 0.15) is 29.8 Å². The Kier molecular flexibility index (Phi) is 10.9. The van der Waals surface area contributed by atoms with Gasteiger partial charge in [-0.25, -0.2) is 14.6 Å². The third-order valence-electron chi connectivity index (χ3n) is 7.96. The van der Waals surface area contributed by atoms with Gasteiger partial charge in [0.2, 0.25) is 17.7 Å². The average molecular weight is 662 g/mol. The minimum atomic E-state index is -0.867. The fourth-order valence-electron chi connectivity index (χ4n) is 5.59. The Hall–Kier alpha value is -4.78. The first-order valence-electron chi connectivity index (χ1n) is 15.8. The number of aromatic nitrogens is 5. The van der Waals surface area contributed by atoms with Crippen molar-refractivity contribution in [3.63, 3.8) is 0 Å². The maximum absolute atomic E-state index is 13.8. The maximum Gasteiger partial charge on any atom is 0.274 e. The molecule has 1 aromatic carbocycles. The molecular weight excluding hydrogens is 622 g/mol. The number of imidazole rings is 1. The molecule has 0 bridgehead atoms. The van der Waals surface area contributed by atoms with E-state index in [1.807, 2.05) is 44.2 Å². The van der Waals surface area contributed by atoms with E-state index in [0.717, 1.165) is 5.56 Å². The van der Waals surface area contributed by atoms with E-state index in [1.54, 1.807) is 40.8 Å². The molecule has 4 amide bonds. The second-order valence-corrected chi connectivity index (χ2v) is 12.5. The zero-order valence-electron chi connectivity index (χ0n) is 26.8. The highest BCUT2D eigenvalue weighted by atomic mass is 35.5. The van der Waals surface area contributed by atoms with Crippen LogP contribution < -0.4 is 16.0 Å². The van der Waals surface area contributed by atoms with Crippen LogP contribution in [0.2, 0.25) is 5.02 Å². The van der Waals surface area contributed by atoms with Crippen molar-refractivity contribution < 1.29 is 19.2 Å². The molecule has 0 aliphatic carbocycles. The van der Waals surface area contributed by atoms with Crippen LogP contribution in [0.3, 0.4) is 0 Å². The summed E-state index contributed by atoms with van der Waals surface area (Å²) in [7, 11) is 0. The second-order valence-electron chi connectivity index (χ2n) is 12.1. The van der Waals surface area contributed by atoms with E-state index in [2.05, 4.69) is 31.0 Å². The average Bonchev–Trinajstić information content (AvgIpc) is 3.62. The molecule has 3 N–H and O–H groups in total. The van der Waals surface area contributed by atoms with Gasteiger partial charge in [0.15, 0.2) is 5.82 Å². The van der Waals surface area contributed by atoms with Crippen molar-refractivity contribution in [1.29, 1.82) is 0 Å². The lowest BCUT2D eigenvalue weighted by molar-refractivity contribution is -0.129. The number of hydrogen-bond acceptors (Lipinski definition) is 7. The van der Waals surface area contributed by atoms with Crippen LogP contribution in [0.1, 0.15) is 66.9 Å². The first-order chi connectivity index (χ1) is 22.6.